The Morgan fingerprint density at radius 3 is 2.71 bits per heavy atom. The van der Waals surface area contributed by atoms with Crippen LogP contribution in [0.2, 0.25) is 0 Å². The van der Waals surface area contributed by atoms with E-state index in [2.05, 4.69) is 13.8 Å². The highest BCUT2D eigenvalue weighted by atomic mass is 16.5. The predicted molar refractivity (Wildman–Crippen MR) is 71.1 cm³/mol. The van der Waals surface area contributed by atoms with Gasteiger partial charge in [-0.1, -0.05) is 39.5 Å². The number of unbranched alkanes of at least 4 members (excludes halogenated alkanes) is 3. The highest BCUT2D eigenvalue weighted by Gasteiger charge is 2.40. The van der Waals surface area contributed by atoms with Crippen LogP contribution in [0, 0.1) is 5.92 Å². The van der Waals surface area contributed by atoms with Gasteiger partial charge in [-0.25, -0.2) is 0 Å². The molecular formula is C15H28O2. The van der Waals surface area contributed by atoms with Crippen LogP contribution in [0.3, 0.4) is 0 Å². The summed E-state index contributed by atoms with van der Waals surface area (Å²) >= 11 is 0. The van der Waals surface area contributed by atoms with E-state index in [9.17, 15) is 4.79 Å². The van der Waals surface area contributed by atoms with E-state index in [1.54, 1.807) is 7.11 Å². The van der Waals surface area contributed by atoms with Crippen molar-refractivity contribution >= 4 is 5.78 Å². The van der Waals surface area contributed by atoms with Crippen LogP contribution < -0.4 is 0 Å². The topological polar surface area (TPSA) is 26.3 Å². The van der Waals surface area contributed by atoms with Crippen LogP contribution in [-0.2, 0) is 9.53 Å². The lowest BCUT2D eigenvalue weighted by Gasteiger charge is -2.37. The fourth-order valence-electron chi connectivity index (χ4n) is 3.00. The lowest BCUT2D eigenvalue weighted by molar-refractivity contribution is -0.147. The lowest BCUT2D eigenvalue weighted by Crippen LogP contribution is -2.44. The molecule has 0 aromatic heterocycles. The number of hydrogen-bond acceptors (Lipinski definition) is 2. The summed E-state index contributed by atoms with van der Waals surface area (Å²) in [5.74, 6) is 0.978. The van der Waals surface area contributed by atoms with Crippen LogP contribution in [0.1, 0.15) is 71.6 Å². The number of carbonyl (C=O) groups excluding carboxylic acids is 1. The maximum atomic E-state index is 12.3. The highest BCUT2D eigenvalue weighted by Crippen LogP contribution is 2.36. The second-order valence-electron chi connectivity index (χ2n) is 5.63. The molecule has 0 saturated heterocycles. The molecule has 0 amide bonds. The van der Waals surface area contributed by atoms with Gasteiger partial charge >= 0.3 is 0 Å². The van der Waals surface area contributed by atoms with Crippen molar-refractivity contribution in [2.75, 3.05) is 7.11 Å². The summed E-state index contributed by atoms with van der Waals surface area (Å²) in [5, 5.41) is 0. The van der Waals surface area contributed by atoms with E-state index in [1.165, 1.54) is 25.7 Å². The van der Waals surface area contributed by atoms with Gasteiger partial charge in [0.05, 0.1) is 0 Å². The molecule has 0 N–H and O–H groups in total. The monoisotopic (exact) mass is 240 g/mol. The molecule has 0 bridgehead atoms. The van der Waals surface area contributed by atoms with E-state index in [0.29, 0.717) is 18.1 Å². The number of ether oxygens (including phenoxy) is 1. The summed E-state index contributed by atoms with van der Waals surface area (Å²) in [6.45, 7) is 4.43. The van der Waals surface area contributed by atoms with Gasteiger partial charge in [0.15, 0.2) is 5.78 Å². The first-order valence-electron chi connectivity index (χ1n) is 7.23. The third-order valence-corrected chi connectivity index (χ3v) is 4.11. The first-order valence-corrected chi connectivity index (χ1v) is 7.23. The van der Waals surface area contributed by atoms with Crippen LogP contribution in [-0.4, -0.2) is 18.5 Å². The number of carbonyl (C=O) groups is 1. The maximum absolute atomic E-state index is 12.3. The zero-order valence-electron chi connectivity index (χ0n) is 11.8. The summed E-state index contributed by atoms with van der Waals surface area (Å²) in [4.78, 5) is 12.3. The number of ketones is 1. The van der Waals surface area contributed by atoms with Crippen LogP contribution in [0.4, 0.5) is 0 Å². The molecule has 17 heavy (non-hydrogen) atoms. The van der Waals surface area contributed by atoms with Gasteiger partial charge in [0.1, 0.15) is 5.60 Å². The molecule has 0 spiro atoms. The van der Waals surface area contributed by atoms with Crippen LogP contribution in [0.5, 0.6) is 0 Å². The predicted octanol–water partition coefficient (Wildman–Crippen LogP) is 4.12. The Hall–Kier alpha value is -0.370. The van der Waals surface area contributed by atoms with Crippen molar-refractivity contribution in [3.05, 3.63) is 0 Å². The Kier molecular flexibility index (Phi) is 6.18. The molecule has 0 aliphatic heterocycles. The average Bonchev–Trinajstić information content (AvgIpc) is 2.34. The van der Waals surface area contributed by atoms with Crippen molar-refractivity contribution in [3.63, 3.8) is 0 Å². The summed E-state index contributed by atoms with van der Waals surface area (Å²) < 4.78 is 5.62. The molecule has 1 fully saturated rings. The molecule has 0 aromatic carbocycles. The SMILES string of the molecule is CCCCCCC(=O)C1(OC)CCCC(C)C1. The highest BCUT2D eigenvalue weighted by molar-refractivity contribution is 5.87. The Bertz CT molecular complexity index is 237. The molecule has 0 aromatic rings. The molecule has 2 unspecified atom stereocenters. The van der Waals surface area contributed by atoms with Gasteiger partial charge in [0.2, 0.25) is 0 Å². The third kappa shape index (κ3) is 4.09. The van der Waals surface area contributed by atoms with Gasteiger partial charge in [-0.2, -0.15) is 0 Å². The summed E-state index contributed by atoms with van der Waals surface area (Å²) in [7, 11) is 1.71. The Morgan fingerprint density at radius 1 is 1.35 bits per heavy atom. The zero-order chi connectivity index (χ0) is 12.7. The number of methoxy groups -OCH3 is 1. The smallest absolute Gasteiger partial charge is 0.164 e. The van der Waals surface area contributed by atoms with E-state index in [1.807, 2.05) is 0 Å². The van der Waals surface area contributed by atoms with Crippen molar-refractivity contribution in [1.29, 1.82) is 0 Å². The summed E-state index contributed by atoms with van der Waals surface area (Å²) in [6, 6.07) is 0. The minimum absolute atomic E-state index is 0.350. The van der Waals surface area contributed by atoms with E-state index in [4.69, 9.17) is 4.74 Å². The molecule has 100 valence electrons. The van der Waals surface area contributed by atoms with Gasteiger partial charge in [-0.3, -0.25) is 4.79 Å². The first-order chi connectivity index (χ1) is 8.14. The Morgan fingerprint density at radius 2 is 2.12 bits per heavy atom. The van der Waals surface area contributed by atoms with E-state index >= 15 is 0 Å². The second kappa shape index (κ2) is 7.15. The molecule has 2 heteroatoms. The van der Waals surface area contributed by atoms with Crippen molar-refractivity contribution in [1.82, 2.24) is 0 Å². The molecule has 0 heterocycles. The minimum atomic E-state index is -0.441. The average molecular weight is 240 g/mol. The number of Topliss-reactive ketones (excluding diaryl/α,β-unsaturated/α-hetero) is 1. The molecular weight excluding hydrogens is 212 g/mol. The first kappa shape index (κ1) is 14.7. The molecule has 2 atom stereocenters. The maximum Gasteiger partial charge on any atom is 0.164 e. The Balaban J connectivity index is 2.45. The molecule has 1 aliphatic rings. The minimum Gasteiger partial charge on any atom is -0.370 e. The van der Waals surface area contributed by atoms with E-state index in [0.717, 1.165) is 25.7 Å². The van der Waals surface area contributed by atoms with Crippen LogP contribution in [0.15, 0.2) is 0 Å². The quantitative estimate of drug-likeness (QED) is 0.626. The molecule has 0 radical (unpaired) electrons. The van der Waals surface area contributed by atoms with Gasteiger partial charge in [-0.05, 0) is 31.6 Å². The lowest BCUT2D eigenvalue weighted by atomic mass is 9.75. The fourth-order valence-corrected chi connectivity index (χ4v) is 3.00. The van der Waals surface area contributed by atoms with E-state index in [-0.39, 0.29) is 0 Å². The van der Waals surface area contributed by atoms with Crippen molar-refractivity contribution in [2.45, 2.75) is 77.2 Å². The molecule has 1 rings (SSSR count). The fraction of sp³-hybridized carbons (Fsp3) is 0.933. The summed E-state index contributed by atoms with van der Waals surface area (Å²) in [5.41, 5.74) is -0.441. The van der Waals surface area contributed by atoms with Crippen molar-refractivity contribution in [3.8, 4) is 0 Å². The standard InChI is InChI=1S/C15H28O2/c1-4-5-6-7-10-14(16)15(17-3)11-8-9-13(2)12-15/h13H,4-12H2,1-3H3. The third-order valence-electron chi connectivity index (χ3n) is 4.11. The Labute approximate surface area is 106 Å². The summed E-state index contributed by atoms with van der Waals surface area (Å²) in [6.07, 6.45) is 9.62. The van der Waals surface area contributed by atoms with E-state index < -0.39 is 5.60 Å². The van der Waals surface area contributed by atoms with Gasteiger partial charge in [0, 0.05) is 13.5 Å². The molecule has 2 nitrogen and oxygen atoms in total. The normalized spacial score (nSPS) is 29.2. The molecule has 1 saturated carbocycles. The van der Waals surface area contributed by atoms with Crippen molar-refractivity contribution < 1.29 is 9.53 Å². The number of hydrogen-bond donors (Lipinski definition) is 0. The van der Waals surface area contributed by atoms with Gasteiger partial charge in [-0.15, -0.1) is 0 Å². The van der Waals surface area contributed by atoms with Crippen LogP contribution in [0.25, 0.3) is 0 Å². The second-order valence-corrected chi connectivity index (χ2v) is 5.63. The van der Waals surface area contributed by atoms with Gasteiger partial charge < -0.3 is 4.74 Å². The molecule has 1 aliphatic carbocycles. The zero-order valence-corrected chi connectivity index (χ0v) is 11.8. The van der Waals surface area contributed by atoms with Gasteiger partial charge in [0.25, 0.3) is 0 Å². The van der Waals surface area contributed by atoms with Crippen molar-refractivity contribution in [2.24, 2.45) is 5.92 Å². The largest absolute Gasteiger partial charge is 0.370 e. The number of rotatable bonds is 7. The van der Waals surface area contributed by atoms with Crippen LogP contribution >= 0.6 is 0 Å².